The Morgan fingerprint density at radius 2 is 1.74 bits per heavy atom. The van der Waals surface area contributed by atoms with Crippen molar-refractivity contribution in [2.45, 2.75) is 6.54 Å². The maximum absolute atomic E-state index is 12.6. The largest absolute Gasteiger partial charge is 0.492 e. The van der Waals surface area contributed by atoms with Gasteiger partial charge in [-0.2, -0.15) is 0 Å². The molecule has 2 aromatic carbocycles. The topological polar surface area (TPSA) is 67.2 Å². The lowest BCUT2D eigenvalue weighted by Gasteiger charge is -2.34. The van der Waals surface area contributed by atoms with Crippen molar-refractivity contribution < 1.29 is 19.4 Å². The Labute approximate surface area is 209 Å². The van der Waals surface area contributed by atoms with Gasteiger partial charge in [0.1, 0.15) is 18.1 Å². The van der Waals surface area contributed by atoms with Gasteiger partial charge in [-0.25, -0.2) is 4.79 Å². The van der Waals surface area contributed by atoms with Crippen LogP contribution in [0.4, 0.5) is 0 Å². The highest BCUT2D eigenvalue weighted by Gasteiger charge is 2.20. The van der Waals surface area contributed by atoms with Crippen LogP contribution in [0.2, 0.25) is 10.0 Å². The van der Waals surface area contributed by atoms with E-state index in [0.29, 0.717) is 28.9 Å². The number of aliphatic hydroxyl groups excluding tert-OH is 1. The second-order valence-corrected chi connectivity index (χ2v) is 9.11. The molecule has 0 amide bonds. The van der Waals surface area contributed by atoms with Gasteiger partial charge in [-0.3, -0.25) is 9.80 Å². The van der Waals surface area contributed by atoms with Crippen molar-refractivity contribution in [3.63, 3.8) is 0 Å². The van der Waals surface area contributed by atoms with Crippen molar-refractivity contribution in [3.05, 3.63) is 63.8 Å². The summed E-state index contributed by atoms with van der Waals surface area (Å²) in [6, 6.07) is 13.1. The summed E-state index contributed by atoms with van der Waals surface area (Å²) >= 11 is 12.3. The molecule has 0 radical (unpaired) electrons. The molecule has 7 nitrogen and oxygen atoms in total. The minimum Gasteiger partial charge on any atom is -0.492 e. The Balaban J connectivity index is 1.51. The molecule has 1 aromatic heterocycles. The van der Waals surface area contributed by atoms with E-state index >= 15 is 0 Å². The van der Waals surface area contributed by atoms with Crippen molar-refractivity contribution in [3.8, 4) is 5.75 Å². The van der Waals surface area contributed by atoms with E-state index in [9.17, 15) is 4.79 Å². The molecule has 0 spiro atoms. The molecule has 0 aliphatic carbocycles. The normalized spacial score (nSPS) is 15.1. The first kappa shape index (κ1) is 24.8. The number of hydrogen-bond donors (Lipinski definition) is 1. The zero-order chi connectivity index (χ0) is 24.1. The Bertz CT molecular complexity index is 1140. The van der Waals surface area contributed by atoms with E-state index in [-0.39, 0.29) is 6.61 Å². The van der Waals surface area contributed by atoms with Crippen LogP contribution in [0.3, 0.4) is 0 Å². The first-order valence-electron chi connectivity index (χ1n) is 11.3. The smallest absolute Gasteiger partial charge is 0.354 e. The fraction of sp³-hybridized carbons (Fsp3) is 0.400. The third-order valence-electron chi connectivity index (χ3n) is 6.17. The quantitative estimate of drug-likeness (QED) is 0.446. The Morgan fingerprint density at radius 1 is 1.00 bits per heavy atom. The SMILES string of the molecule is COC(=O)c1cc2c(OCCN3CCN(CCO)CC3)cccc2n1Cc1ccc(Cl)c(Cl)c1. The summed E-state index contributed by atoms with van der Waals surface area (Å²) in [5, 5.41) is 10.9. The second-order valence-electron chi connectivity index (χ2n) is 8.30. The van der Waals surface area contributed by atoms with E-state index in [4.69, 9.17) is 37.8 Å². The molecule has 4 rings (SSSR count). The molecule has 182 valence electrons. The number of esters is 1. The molecule has 34 heavy (non-hydrogen) atoms. The third kappa shape index (κ3) is 5.67. The van der Waals surface area contributed by atoms with Gasteiger partial charge < -0.3 is 19.1 Å². The van der Waals surface area contributed by atoms with Gasteiger partial charge in [0.15, 0.2) is 0 Å². The van der Waals surface area contributed by atoms with Crippen LogP contribution in [0, 0.1) is 0 Å². The van der Waals surface area contributed by atoms with Crippen molar-refractivity contribution in [1.29, 1.82) is 0 Å². The lowest BCUT2D eigenvalue weighted by atomic mass is 10.2. The molecule has 9 heteroatoms. The van der Waals surface area contributed by atoms with Crippen LogP contribution < -0.4 is 4.74 Å². The van der Waals surface area contributed by atoms with Crippen LogP contribution in [0.1, 0.15) is 16.1 Å². The van der Waals surface area contributed by atoms with Gasteiger partial charge in [0.25, 0.3) is 0 Å². The minimum absolute atomic E-state index is 0.200. The molecule has 0 bridgehead atoms. The first-order valence-corrected chi connectivity index (χ1v) is 12.1. The highest BCUT2D eigenvalue weighted by atomic mass is 35.5. The van der Waals surface area contributed by atoms with Crippen LogP contribution in [-0.2, 0) is 11.3 Å². The van der Waals surface area contributed by atoms with E-state index in [1.54, 1.807) is 12.1 Å². The van der Waals surface area contributed by atoms with Crippen LogP contribution >= 0.6 is 23.2 Å². The maximum atomic E-state index is 12.6. The van der Waals surface area contributed by atoms with Gasteiger partial charge >= 0.3 is 5.97 Å². The maximum Gasteiger partial charge on any atom is 0.354 e. The number of aromatic nitrogens is 1. The van der Waals surface area contributed by atoms with Crippen molar-refractivity contribution in [1.82, 2.24) is 14.4 Å². The summed E-state index contributed by atoms with van der Waals surface area (Å²) < 4.78 is 13.1. The number of fused-ring (bicyclic) bond motifs is 1. The highest BCUT2D eigenvalue weighted by Crippen LogP contribution is 2.31. The predicted molar refractivity (Wildman–Crippen MR) is 134 cm³/mol. The van der Waals surface area contributed by atoms with E-state index < -0.39 is 5.97 Å². The van der Waals surface area contributed by atoms with Crippen LogP contribution in [0.5, 0.6) is 5.75 Å². The Morgan fingerprint density at radius 3 is 2.41 bits per heavy atom. The molecule has 3 aromatic rings. The number of rotatable bonds is 9. The van der Waals surface area contributed by atoms with Crippen molar-refractivity contribution >= 4 is 40.1 Å². The average Bonchev–Trinajstić information content (AvgIpc) is 3.21. The lowest BCUT2D eigenvalue weighted by Crippen LogP contribution is -2.48. The lowest BCUT2D eigenvalue weighted by molar-refractivity contribution is 0.0589. The van der Waals surface area contributed by atoms with Crippen molar-refractivity contribution in [2.75, 3.05) is 59.6 Å². The van der Waals surface area contributed by atoms with Gasteiger partial charge in [0, 0.05) is 51.2 Å². The van der Waals surface area contributed by atoms with Crippen LogP contribution in [-0.4, -0.2) is 85.0 Å². The molecule has 1 aliphatic rings. The average molecular weight is 506 g/mol. The number of nitrogens with zero attached hydrogens (tertiary/aromatic N) is 3. The number of halogens is 2. The number of hydrogen-bond acceptors (Lipinski definition) is 6. The zero-order valence-corrected chi connectivity index (χ0v) is 20.7. The van der Waals surface area contributed by atoms with Crippen molar-refractivity contribution in [2.24, 2.45) is 0 Å². The number of piperazine rings is 1. The zero-order valence-electron chi connectivity index (χ0n) is 19.2. The number of carbonyl (C=O) groups is 1. The molecule has 1 fully saturated rings. The van der Waals surface area contributed by atoms with E-state index in [1.807, 2.05) is 34.9 Å². The standard InChI is InChI=1S/C25H29Cl2N3O4/c1-33-25(32)23-16-19-22(30(23)17-18-5-6-20(26)21(27)15-18)3-2-4-24(19)34-14-12-29-9-7-28(8-10-29)11-13-31/h2-6,15-16,31H,7-14,17H2,1H3. The summed E-state index contributed by atoms with van der Waals surface area (Å²) in [6.45, 7) is 6.56. The van der Waals surface area contributed by atoms with E-state index in [0.717, 1.165) is 61.5 Å². The number of β-amino-alcohol motifs (C(OH)–C–C–N with tert-alkyl or cyclic N) is 1. The molecular weight excluding hydrogens is 477 g/mol. The molecule has 0 saturated carbocycles. The summed E-state index contributed by atoms with van der Waals surface area (Å²) in [5.74, 6) is 0.317. The fourth-order valence-corrected chi connectivity index (χ4v) is 4.63. The number of methoxy groups -OCH3 is 1. The molecule has 1 saturated heterocycles. The minimum atomic E-state index is -0.414. The number of benzene rings is 2. The highest BCUT2D eigenvalue weighted by molar-refractivity contribution is 6.42. The molecule has 1 aliphatic heterocycles. The molecule has 2 heterocycles. The summed E-state index contributed by atoms with van der Waals surface area (Å²) in [7, 11) is 1.38. The van der Waals surface area contributed by atoms with E-state index in [2.05, 4.69) is 9.80 Å². The molecule has 1 N–H and O–H groups in total. The summed E-state index contributed by atoms with van der Waals surface area (Å²) in [4.78, 5) is 17.2. The van der Waals surface area contributed by atoms with Gasteiger partial charge in [0.2, 0.25) is 0 Å². The monoisotopic (exact) mass is 505 g/mol. The summed E-state index contributed by atoms with van der Waals surface area (Å²) in [5.41, 5.74) is 2.24. The molecule has 0 unspecified atom stereocenters. The van der Waals surface area contributed by atoms with Gasteiger partial charge in [0.05, 0.1) is 29.3 Å². The number of aliphatic hydroxyl groups is 1. The Hall–Kier alpha value is -2.29. The fourth-order valence-electron chi connectivity index (χ4n) is 4.31. The third-order valence-corrected chi connectivity index (χ3v) is 6.91. The van der Waals surface area contributed by atoms with E-state index in [1.165, 1.54) is 7.11 Å². The van der Waals surface area contributed by atoms with Gasteiger partial charge in [-0.1, -0.05) is 35.3 Å². The van der Waals surface area contributed by atoms with Crippen LogP contribution in [0.25, 0.3) is 10.9 Å². The number of carbonyl (C=O) groups excluding carboxylic acids is 1. The second kappa shape index (κ2) is 11.4. The van der Waals surface area contributed by atoms with Gasteiger partial charge in [-0.05, 0) is 35.9 Å². The first-order chi connectivity index (χ1) is 16.5. The summed E-state index contributed by atoms with van der Waals surface area (Å²) in [6.07, 6.45) is 0. The molecular formula is C25H29Cl2N3O4. The molecule has 0 atom stereocenters. The Kier molecular flexibility index (Phi) is 8.34. The number of ether oxygens (including phenoxy) is 2. The predicted octanol–water partition coefficient (Wildman–Crippen LogP) is 3.77. The van der Waals surface area contributed by atoms with Gasteiger partial charge in [-0.15, -0.1) is 0 Å². The van der Waals surface area contributed by atoms with Crippen LogP contribution in [0.15, 0.2) is 42.5 Å².